The van der Waals surface area contributed by atoms with Crippen LogP contribution < -0.4 is 23.7 Å². The number of hydrogen-bond acceptors (Lipinski definition) is 8. The quantitative estimate of drug-likeness (QED) is 0.539. The van der Waals surface area contributed by atoms with E-state index in [1.807, 2.05) is 42.5 Å². The van der Waals surface area contributed by atoms with Crippen LogP contribution in [0.5, 0.6) is 28.7 Å². The number of rotatable bonds is 5. The highest BCUT2D eigenvalue weighted by Crippen LogP contribution is 2.70. The first kappa shape index (κ1) is 22.5. The third-order valence-corrected chi connectivity index (χ3v) is 7.61. The number of methoxy groups -OCH3 is 3. The molecule has 2 heterocycles. The van der Waals surface area contributed by atoms with Crippen LogP contribution in [-0.2, 0) is 20.7 Å². The second-order valence-electron chi connectivity index (χ2n) is 9.19. The number of hydrogen-bond donors (Lipinski definition) is 1. The molecule has 0 amide bonds. The summed E-state index contributed by atoms with van der Waals surface area (Å²) in [4.78, 5) is 13.2. The van der Waals surface area contributed by atoms with E-state index in [1.54, 1.807) is 25.3 Å². The number of carbonyl (C=O) groups excluding carboxylic acids is 1. The highest BCUT2D eigenvalue weighted by Gasteiger charge is 2.74. The van der Waals surface area contributed by atoms with Gasteiger partial charge in [-0.15, -0.1) is 0 Å². The van der Waals surface area contributed by atoms with Gasteiger partial charge in [0.15, 0.2) is 17.1 Å². The first-order valence-corrected chi connectivity index (χ1v) is 11.7. The lowest BCUT2D eigenvalue weighted by molar-refractivity contribution is -0.146. The molecule has 8 nitrogen and oxygen atoms in total. The van der Waals surface area contributed by atoms with Crippen LogP contribution in [0.25, 0.3) is 0 Å². The maximum atomic E-state index is 13.2. The molecule has 1 saturated carbocycles. The van der Waals surface area contributed by atoms with Crippen molar-refractivity contribution in [3.05, 3.63) is 77.4 Å². The van der Waals surface area contributed by atoms with Gasteiger partial charge in [-0.05, 0) is 24.1 Å². The summed E-state index contributed by atoms with van der Waals surface area (Å²) in [5, 5.41) is 12.7. The van der Waals surface area contributed by atoms with Crippen molar-refractivity contribution in [2.75, 3.05) is 28.1 Å². The average Bonchev–Trinajstić information content (AvgIpc) is 3.55. The first-order valence-electron chi connectivity index (χ1n) is 11.7. The molecule has 8 heteroatoms. The predicted octanol–water partition coefficient (Wildman–Crippen LogP) is 3.88. The van der Waals surface area contributed by atoms with Crippen LogP contribution in [0, 0.1) is 5.92 Å². The fourth-order valence-electron chi connectivity index (χ4n) is 6.17. The van der Waals surface area contributed by atoms with Crippen LogP contribution in [0.1, 0.15) is 29.0 Å². The van der Waals surface area contributed by atoms with Crippen LogP contribution in [0.3, 0.4) is 0 Å². The molecule has 1 aliphatic carbocycles. The molecule has 0 bridgehead atoms. The molecular weight excluding hydrogens is 464 g/mol. The van der Waals surface area contributed by atoms with Gasteiger partial charge in [0.1, 0.15) is 22.8 Å². The van der Waals surface area contributed by atoms with E-state index in [1.165, 1.54) is 14.2 Å². The van der Waals surface area contributed by atoms with Crippen molar-refractivity contribution in [3.8, 4) is 28.7 Å². The second-order valence-corrected chi connectivity index (χ2v) is 9.19. The van der Waals surface area contributed by atoms with Crippen molar-refractivity contribution in [3.63, 3.8) is 0 Å². The maximum Gasteiger partial charge on any atom is 0.309 e. The molecule has 3 aromatic rings. The lowest BCUT2D eigenvalue weighted by Crippen LogP contribution is -2.48. The van der Waals surface area contributed by atoms with Crippen molar-refractivity contribution in [1.82, 2.24) is 0 Å². The molecule has 36 heavy (non-hydrogen) atoms. The highest BCUT2D eigenvalue weighted by molar-refractivity contribution is 5.77. The summed E-state index contributed by atoms with van der Waals surface area (Å²) in [6, 6.07) is 18.5. The van der Waals surface area contributed by atoms with E-state index in [4.69, 9.17) is 28.4 Å². The Morgan fingerprint density at radius 2 is 1.72 bits per heavy atom. The topological polar surface area (TPSA) is 92.7 Å². The summed E-state index contributed by atoms with van der Waals surface area (Å²) >= 11 is 0. The van der Waals surface area contributed by atoms with Gasteiger partial charge < -0.3 is 33.5 Å². The van der Waals surface area contributed by atoms with Crippen molar-refractivity contribution in [2.24, 2.45) is 5.92 Å². The minimum atomic E-state index is -1.65. The number of esters is 1. The second kappa shape index (κ2) is 8.06. The molecule has 0 saturated heterocycles. The molecule has 1 N–H and O–H groups in total. The van der Waals surface area contributed by atoms with Crippen LogP contribution in [0.4, 0.5) is 0 Å². The first-order chi connectivity index (χ1) is 17.5. The molecular formula is C28H26O8. The van der Waals surface area contributed by atoms with E-state index in [2.05, 4.69) is 0 Å². The van der Waals surface area contributed by atoms with Gasteiger partial charge in [0.2, 0.25) is 6.79 Å². The Bertz CT molecular complexity index is 1340. The van der Waals surface area contributed by atoms with Crippen molar-refractivity contribution in [2.45, 2.75) is 23.5 Å². The summed E-state index contributed by atoms with van der Waals surface area (Å²) in [6.07, 6.45) is 0.0589. The SMILES string of the molecule is COC(=O)[C@H]1CC2(O)c3c(OC)cc(OC)cc3OC2(c2ccc3c(c2)OCO3)C1c1ccccc1. The van der Waals surface area contributed by atoms with E-state index in [0.717, 1.165) is 5.56 Å². The van der Waals surface area contributed by atoms with Gasteiger partial charge in [0, 0.05) is 23.6 Å². The zero-order valence-corrected chi connectivity index (χ0v) is 20.1. The fraction of sp³-hybridized carbons (Fsp3) is 0.321. The van der Waals surface area contributed by atoms with Gasteiger partial charge in [-0.25, -0.2) is 0 Å². The normalized spacial score (nSPS) is 27.1. The van der Waals surface area contributed by atoms with E-state index in [-0.39, 0.29) is 13.2 Å². The zero-order chi connectivity index (χ0) is 25.1. The molecule has 1 fully saturated rings. The number of benzene rings is 3. The van der Waals surface area contributed by atoms with Gasteiger partial charge in [0.25, 0.3) is 0 Å². The smallest absolute Gasteiger partial charge is 0.309 e. The summed E-state index contributed by atoms with van der Waals surface area (Å²) in [5.41, 5.74) is -1.11. The number of carbonyl (C=O) groups is 1. The van der Waals surface area contributed by atoms with Crippen molar-refractivity contribution in [1.29, 1.82) is 0 Å². The minimum Gasteiger partial charge on any atom is -0.496 e. The van der Waals surface area contributed by atoms with E-state index >= 15 is 0 Å². The molecule has 0 radical (unpaired) electrons. The fourth-order valence-corrected chi connectivity index (χ4v) is 6.17. The summed E-state index contributed by atoms with van der Waals surface area (Å²) in [5.74, 6) is 0.781. The van der Waals surface area contributed by atoms with Gasteiger partial charge in [-0.2, -0.15) is 0 Å². The Morgan fingerprint density at radius 3 is 2.44 bits per heavy atom. The summed E-state index contributed by atoms with van der Waals surface area (Å²) in [7, 11) is 4.44. The van der Waals surface area contributed by atoms with E-state index in [0.29, 0.717) is 39.9 Å². The molecule has 0 spiro atoms. The largest absolute Gasteiger partial charge is 0.496 e. The molecule has 0 aromatic heterocycles. The summed E-state index contributed by atoms with van der Waals surface area (Å²) < 4.78 is 34.4. The van der Waals surface area contributed by atoms with Gasteiger partial charge in [-0.1, -0.05) is 36.4 Å². The maximum absolute atomic E-state index is 13.2. The molecule has 4 atom stereocenters. The van der Waals surface area contributed by atoms with Gasteiger partial charge >= 0.3 is 5.97 Å². The average molecular weight is 491 g/mol. The molecule has 3 aliphatic rings. The zero-order valence-electron chi connectivity index (χ0n) is 20.1. The number of ether oxygens (including phenoxy) is 6. The number of aliphatic hydroxyl groups is 1. The summed E-state index contributed by atoms with van der Waals surface area (Å²) in [6.45, 7) is 0.106. The Kier molecular flexibility index (Phi) is 5.05. The molecule has 3 aromatic carbocycles. The standard InChI is InChI=1S/C28H26O8/c1-31-18-12-22(32-2)25-23(13-18)36-28(17-9-10-20-21(11-17)35-15-34-20)24(16-7-5-4-6-8-16)19(26(29)33-3)14-27(25,28)30/h4-13,19,24,30H,14-15H2,1-3H3/t19-,24?,27?,28?/m0/s1. The van der Waals surface area contributed by atoms with Crippen molar-refractivity contribution >= 4 is 5.97 Å². The highest BCUT2D eigenvalue weighted by atomic mass is 16.7. The Labute approximate surface area is 208 Å². The molecule has 6 rings (SSSR count). The minimum absolute atomic E-state index is 0.0589. The third kappa shape index (κ3) is 2.88. The molecule has 2 aliphatic heterocycles. The lowest BCUT2D eigenvalue weighted by Gasteiger charge is -2.40. The monoisotopic (exact) mass is 490 g/mol. The Balaban J connectivity index is 1.67. The van der Waals surface area contributed by atoms with Crippen LogP contribution >= 0.6 is 0 Å². The third-order valence-electron chi connectivity index (χ3n) is 7.61. The Morgan fingerprint density at radius 1 is 0.944 bits per heavy atom. The van der Waals surface area contributed by atoms with Gasteiger partial charge in [0.05, 0.1) is 32.8 Å². The van der Waals surface area contributed by atoms with E-state index < -0.39 is 29.0 Å². The van der Waals surface area contributed by atoms with Gasteiger partial charge in [-0.3, -0.25) is 4.79 Å². The Hall–Kier alpha value is -3.91. The van der Waals surface area contributed by atoms with Crippen molar-refractivity contribution < 1.29 is 38.3 Å². The predicted molar refractivity (Wildman–Crippen MR) is 128 cm³/mol. The lowest BCUT2D eigenvalue weighted by atomic mass is 9.70. The molecule has 3 unspecified atom stereocenters. The van der Waals surface area contributed by atoms with Crippen LogP contribution in [-0.4, -0.2) is 39.2 Å². The van der Waals surface area contributed by atoms with Crippen LogP contribution in [0.15, 0.2) is 60.7 Å². The molecule has 186 valence electrons. The van der Waals surface area contributed by atoms with E-state index in [9.17, 15) is 9.90 Å². The number of fused-ring (bicyclic) bond motifs is 4. The van der Waals surface area contributed by atoms with Crippen LogP contribution in [0.2, 0.25) is 0 Å².